The number of hydrogen-bond acceptors (Lipinski definition) is 5. The predicted molar refractivity (Wildman–Crippen MR) is 85.5 cm³/mol. The van der Waals surface area contributed by atoms with E-state index in [9.17, 15) is 9.18 Å². The summed E-state index contributed by atoms with van der Waals surface area (Å²) in [4.78, 5) is 14.8. The molecule has 3 rings (SSSR count). The van der Waals surface area contributed by atoms with Gasteiger partial charge in [0.2, 0.25) is 5.91 Å². The number of carbonyl (C=O) groups is 1. The van der Waals surface area contributed by atoms with Crippen LogP contribution in [0.15, 0.2) is 24.3 Å². The molecule has 24 heavy (non-hydrogen) atoms. The Kier molecular flexibility index (Phi) is 4.84. The zero-order chi connectivity index (χ0) is 17.1. The average molecular weight is 332 g/mol. The van der Waals surface area contributed by atoms with Crippen molar-refractivity contribution in [3.05, 3.63) is 41.5 Å². The Morgan fingerprint density at radius 3 is 2.79 bits per heavy atom. The maximum atomic E-state index is 13.5. The molecule has 1 aromatic carbocycles. The first-order valence-corrected chi connectivity index (χ1v) is 8.08. The van der Waals surface area contributed by atoms with E-state index in [4.69, 9.17) is 5.73 Å². The largest absolute Gasteiger partial charge is 0.341 e. The van der Waals surface area contributed by atoms with Crippen LogP contribution in [-0.4, -0.2) is 50.1 Å². The number of benzene rings is 1. The van der Waals surface area contributed by atoms with Crippen LogP contribution in [0.2, 0.25) is 0 Å². The molecule has 8 heteroatoms. The Balaban J connectivity index is 1.85. The molecule has 1 fully saturated rings. The number of aryl methyl sites for hydroxylation is 1. The molecule has 1 aliphatic heterocycles. The summed E-state index contributed by atoms with van der Waals surface area (Å²) in [5.41, 5.74) is 6.65. The summed E-state index contributed by atoms with van der Waals surface area (Å²) >= 11 is 0. The van der Waals surface area contributed by atoms with Crippen molar-refractivity contribution in [2.75, 3.05) is 13.1 Å². The second-order valence-electron chi connectivity index (χ2n) is 6.18. The fourth-order valence-electron chi connectivity index (χ4n) is 3.02. The number of nitrogens with zero attached hydrogens (tertiary/aromatic N) is 5. The highest BCUT2D eigenvalue weighted by molar-refractivity contribution is 5.80. The van der Waals surface area contributed by atoms with Gasteiger partial charge in [0, 0.05) is 25.6 Å². The number of rotatable bonds is 4. The van der Waals surface area contributed by atoms with Gasteiger partial charge in [-0.25, -0.2) is 9.07 Å². The lowest BCUT2D eigenvalue weighted by Gasteiger charge is -2.33. The number of carbonyl (C=O) groups excluding carboxylic acids is 1. The van der Waals surface area contributed by atoms with Crippen molar-refractivity contribution in [1.29, 1.82) is 0 Å². The summed E-state index contributed by atoms with van der Waals surface area (Å²) < 4.78 is 15.0. The topological polar surface area (TPSA) is 89.9 Å². The monoisotopic (exact) mass is 332 g/mol. The van der Waals surface area contributed by atoms with E-state index in [1.54, 1.807) is 24.0 Å². The third kappa shape index (κ3) is 3.59. The molecule has 7 nitrogen and oxygen atoms in total. The maximum absolute atomic E-state index is 13.5. The Bertz CT molecular complexity index is 710. The smallest absolute Gasteiger partial charge is 0.247 e. The number of halogens is 1. The van der Waals surface area contributed by atoms with E-state index in [2.05, 4.69) is 15.5 Å². The van der Waals surface area contributed by atoms with E-state index in [-0.39, 0.29) is 17.8 Å². The first-order valence-electron chi connectivity index (χ1n) is 8.08. The molecule has 128 valence electrons. The van der Waals surface area contributed by atoms with Crippen LogP contribution >= 0.6 is 0 Å². The molecule has 2 heterocycles. The van der Waals surface area contributed by atoms with Gasteiger partial charge in [-0.2, -0.15) is 0 Å². The number of likely N-dealkylation sites (tertiary alicyclic amines) is 1. The van der Waals surface area contributed by atoms with Gasteiger partial charge < -0.3 is 10.6 Å². The van der Waals surface area contributed by atoms with Gasteiger partial charge in [-0.1, -0.05) is 12.1 Å². The van der Waals surface area contributed by atoms with Crippen molar-refractivity contribution in [3.8, 4) is 0 Å². The normalized spacial score (nSPS) is 17.0. The van der Waals surface area contributed by atoms with Crippen molar-refractivity contribution in [2.24, 2.45) is 5.73 Å². The number of aromatic nitrogens is 4. The van der Waals surface area contributed by atoms with Crippen LogP contribution in [-0.2, 0) is 11.2 Å². The standard InChI is InChI=1S/C16H21FN6O/c1-11-19-20-21-23(11)15(10-12-3-2-4-13(17)9-12)16(24)22-7-5-14(18)6-8-22/h2-4,9,14-15H,5-8,10,18H2,1H3. The molecule has 1 atom stereocenters. The molecule has 1 aromatic heterocycles. The van der Waals surface area contributed by atoms with Crippen LogP contribution in [0.1, 0.15) is 30.3 Å². The van der Waals surface area contributed by atoms with E-state index in [1.807, 2.05) is 0 Å². The summed E-state index contributed by atoms with van der Waals surface area (Å²) in [7, 11) is 0. The van der Waals surface area contributed by atoms with E-state index in [1.165, 1.54) is 16.8 Å². The van der Waals surface area contributed by atoms with Crippen molar-refractivity contribution in [1.82, 2.24) is 25.1 Å². The molecule has 0 radical (unpaired) electrons. The van der Waals surface area contributed by atoms with Gasteiger partial charge in [0.15, 0.2) is 0 Å². The highest BCUT2D eigenvalue weighted by Gasteiger charge is 2.30. The van der Waals surface area contributed by atoms with Gasteiger partial charge in [-0.3, -0.25) is 4.79 Å². The van der Waals surface area contributed by atoms with Gasteiger partial charge >= 0.3 is 0 Å². The molecule has 0 aliphatic carbocycles. The second-order valence-corrected chi connectivity index (χ2v) is 6.18. The van der Waals surface area contributed by atoms with Gasteiger partial charge in [0.05, 0.1) is 0 Å². The first kappa shape index (κ1) is 16.5. The van der Waals surface area contributed by atoms with E-state index < -0.39 is 6.04 Å². The maximum Gasteiger partial charge on any atom is 0.247 e. The molecular formula is C16H21FN6O. The highest BCUT2D eigenvalue weighted by atomic mass is 19.1. The molecule has 2 N–H and O–H groups in total. The number of hydrogen-bond donors (Lipinski definition) is 1. The quantitative estimate of drug-likeness (QED) is 0.896. The van der Waals surface area contributed by atoms with Crippen molar-refractivity contribution < 1.29 is 9.18 Å². The van der Waals surface area contributed by atoms with Crippen LogP contribution in [0, 0.1) is 12.7 Å². The van der Waals surface area contributed by atoms with Crippen molar-refractivity contribution in [2.45, 2.75) is 38.3 Å². The third-order valence-corrected chi connectivity index (χ3v) is 4.41. The lowest BCUT2D eigenvalue weighted by atomic mass is 10.0. The fourth-order valence-corrected chi connectivity index (χ4v) is 3.02. The number of amides is 1. The Morgan fingerprint density at radius 1 is 1.42 bits per heavy atom. The molecule has 2 aromatic rings. The zero-order valence-electron chi connectivity index (χ0n) is 13.6. The van der Waals surface area contributed by atoms with Gasteiger partial charge in [0.1, 0.15) is 17.7 Å². The minimum absolute atomic E-state index is 0.0541. The van der Waals surface area contributed by atoms with Gasteiger partial charge in [-0.15, -0.1) is 5.10 Å². The number of nitrogens with two attached hydrogens (primary N) is 1. The Hall–Kier alpha value is -2.35. The van der Waals surface area contributed by atoms with Crippen molar-refractivity contribution >= 4 is 5.91 Å². The zero-order valence-corrected chi connectivity index (χ0v) is 13.6. The van der Waals surface area contributed by atoms with Crippen LogP contribution in [0.5, 0.6) is 0 Å². The predicted octanol–water partition coefficient (Wildman–Crippen LogP) is 0.854. The number of piperidine rings is 1. The van der Waals surface area contributed by atoms with E-state index in [0.717, 1.165) is 18.4 Å². The molecule has 0 saturated carbocycles. The van der Waals surface area contributed by atoms with Gasteiger partial charge in [0.25, 0.3) is 0 Å². The summed E-state index contributed by atoms with van der Waals surface area (Å²) in [6.45, 7) is 3.00. The second kappa shape index (κ2) is 7.04. The van der Waals surface area contributed by atoms with Crippen LogP contribution in [0.25, 0.3) is 0 Å². The minimum atomic E-state index is -0.587. The fraction of sp³-hybridized carbons (Fsp3) is 0.500. The molecule has 0 bridgehead atoms. The molecule has 1 saturated heterocycles. The SMILES string of the molecule is Cc1nnnn1C(Cc1cccc(F)c1)C(=O)N1CCC(N)CC1. The summed E-state index contributed by atoms with van der Waals surface area (Å²) in [5.74, 6) is 0.177. The van der Waals surface area contributed by atoms with E-state index >= 15 is 0 Å². The Labute approximate surface area is 139 Å². The molecule has 1 aliphatic rings. The number of tetrazole rings is 1. The molecule has 0 spiro atoms. The van der Waals surface area contributed by atoms with Crippen molar-refractivity contribution in [3.63, 3.8) is 0 Å². The van der Waals surface area contributed by atoms with Crippen LogP contribution in [0.4, 0.5) is 4.39 Å². The lowest BCUT2D eigenvalue weighted by molar-refractivity contribution is -0.136. The first-order chi connectivity index (χ1) is 11.5. The minimum Gasteiger partial charge on any atom is -0.341 e. The van der Waals surface area contributed by atoms with Crippen LogP contribution < -0.4 is 5.73 Å². The van der Waals surface area contributed by atoms with Crippen LogP contribution in [0.3, 0.4) is 0 Å². The summed E-state index contributed by atoms with van der Waals surface area (Å²) in [5, 5.41) is 11.5. The highest BCUT2D eigenvalue weighted by Crippen LogP contribution is 2.20. The third-order valence-electron chi connectivity index (χ3n) is 4.41. The Morgan fingerprint density at radius 2 is 2.17 bits per heavy atom. The average Bonchev–Trinajstić information content (AvgIpc) is 2.99. The molecular weight excluding hydrogens is 311 g/mol. The van der Waals surface area contributed by atoms with Gasteiger partial charge in [-0.05, 0) is 47.9 Å². The molecule has 1 unspecified atom stereocenters. The summed E-state index contributed by atoms with van der Waals surface area (Å²) in [6.07, 6.45) is 1.91. The lowest BCUT2D eigenvalue weighted by Crippen LogP contribution is -2.46. The summed E-state index contributed by atoms with van der Waals surface area (Å²) in [6, 6.07) is 5.82. The molecule has 1 amide bonds. The van der Waals surface area contributed by atoms with E-state index in [0.29, 0.717) is 25.3 Å².